The van der Waals surface area contributed by atoms with Crippen LogP contribution in [0.2, 0.25) is 5.02 Å². The second kappa shape index (κ2) is 7.15. The molecule has 1 aliphatic rings. The molecule has 0 spiro atoms. The van der Waals surface area contributed by atoms with Gasteiger partial charge >= 0.3 is 0 Å². The van der Waals surface area contributed by atoms with Crippen LogP contribution in [0.25, 0.3) is 11.3 Å². The van der Waals surface area contributed by atoms with Gasteiger partial charge in [-0.15, -0.1) is 0 Å². The molecule has 0 bridgehead atoms. The molecule has 1 aromatic heterocycles. The minimum atomic E-state index is -0.0985. The Morgan fingerprint density at radius 1 is 1.48 bits per heavy atom. The number of hydrogen-bond acceptors (Lipinski definition) is 3. The van der Waals surface area contributed by atoms with Crippen molar-refractivity contribution in [2.24, 2.45) is 13.0 Å². The summed E-state index contributed by atoms with van der Waals surface area (Å²) in [4.78, 5) is 12.6. The number of piperidine rings is 1. The predicted octanol–water partition coefficient (Wildman–Crippen LogP) is 2.47. The average Bonchev–Trinajstić information content (AvgIpc) is 2.96. The first-order valence-electron chi connectivity index (χ1n) is 7.92. The molecule has 1 aliphatic heterocycles. The molecule has 122 valence electrons. The fourth-order valence-electron chi connectivity index (χ4n) is 2.94. The van der Waals surface area contributed by atoms with E-state index in [0.29, 0.717) is 28.7 Å². The van der Waals surface area contributed by atoms with Gasteiger partial charge in [0.2, 0.25) is 0 Å². The molecular formula is C17H21ClN4O. The van der Waals surface area contributed by atoms with Crippen molar-refractivity contribution in [3.63, 3.8) is 0 Å². The first-order valence-corrected chi connectivity index (χ1v) is 8.30. The summed E-state index contributed by atoms with van der Waals surface area (Å²) >= 11 is 6.25. The second-order valence-electron chi connectivity index (χ2n) is 5.97. The lowest BCUT2D eigenvalue weighted by molar-refractivity contribution is 0.0945. The first-order chi connectivity index (χ1) is 11.1. The minimum Gasteiger partial charge on any atom is -0.352 e. The Bertz CT molecular complexity index is 692. The van der Waals surface area contributed by atoms with Gasteiger partial charge < -0.3 is 10.6 Å². The summed E-state index contributed by atoms with van der Waals surface area (Å²) in [6.45, 7) is 2.72. The largest absolute Gasteiger partial charge is 0.352 e. The highest BCUT2D eigenvalue weighted by molar-refractivity contribution is 6.33. The highest BCUT2D eigenvalue weighted by Gasteiger charge is 2.20. The molecule has 6 heteroatoms. The second-order valence-corrected chi connectivity index (χ2v) is 6.37. The van der Waals surface area contributed by atoms with Crippen LogP contribution in [0.1, 0.15) is 23.2 Å². The van der Waals surface area contributed by atoms with Crippen LogP contribution >= 0.6 is 11.6 Å². The molecule has 1 saturated heterocycles. The van der Waals surface area contributed by atoms with E-state index < -0.39 is 0 Å². The molecule has 1 unspecified atom stereocenters. The van der Waals surface area contributed by atoms with E-state index in [1.54, 1.807) is 16.9 Å². The molecule has 2 heterocycles. The molecule has 1 amide bonds. The van der Waals surface area contributed by atoms with Gasteiger partial charge in [0.25, 0.3) is 5.91 Å². The van der Waals surface area contributed by atoms with Crippen LogP contribution in [0.3, 0.4) is 0 Å². The molecule has 3 rings (SSSR count). The summed E-state index contributed by atoms with van der Waals surface area (Å²) in [5.41, 5.74) is 1.96. The van der Waals surface area contributed by atoms with Crippen molar-refractivity contribution in [3.05, 3.63) is 41.0 Å². The SMILES string of the molecule is Cn1cc(C(=O)NCC2CCCNC2)c(-c2ccccc2Cl)n1. The number of carbonyl (C=O) groups excluding carboxylic acids is 1. The number of benzene rings is 1. The van der Waals surface area contributed by atoms with Crippen molar-refractivity contribution in [1.29, 1.82) is 0 Å². The van der Waals surface area contributed by atoms with Gasteiger partial charge in [-0.3, -0.25) is 9.48 Å². The lowest BCUT2D eigenvalue weighted by atomic mass is 9.99. The van der Waals surface area contributed by atoms with E-state index in [1.807, 2.05) is 25.2 Å². The molecule has 23 heavy (non-hydrogen) atoms. The number of nitrogens with zero attached hydrogens (tertiary/aromatic N) is 2. The van der Waals surface area contributed by atoms with E-state index in [-0.39, 0.29) is 5.91 Å². The summed E-state index contributed by atoms with van der Waals surface area (Å²) in [5, 5.41) is 11.4. The number of carbonyl (C=O) groups is 1. The summed E-state index contributed by atoms with van der Waals surface area (Å²) < 4.78 is 1.65. The van der Waals surface area contributed by atoms with Crippen molar-refractivity contribution in [3.8, 4) is 11.3 Å². The van der Waals surface area contributed by atoms with Gasteiger partial charge in [0.15, 0.2) is 0 Å². The fraction of sp³-hybridized carbons (Fsp3) is 0.412. The predicted molar refractivity (Wildman–Crippen MR) is 91.6 cm³/mol. The molecule has 0 radical (unpaired) electrons. The van der Waals surface area contributed by atoms with Crippen LogP contribution in [0.15, 0.2) is 30.5 Å². The van der Waals surface area contributed by atoms with Crippen LogP contribution in [-0.2, 0) is 7.05 Å². The van der Waals surface area contributed by atoms with Gasteiger partial charge in [0.05, 0.1) is 10.6 Å². The van der Waals surface area contributed by atoms with E-state index in [0.717, 1.165) is 31.5 Å². The van der Waals surface area contributed by atoms with Gasteiger partial charge in [-0.1, -0.05) is 29.8 Å². The van der Waals surface area contributed by atoms with E-state index in [2.05, 4.69) is 15.7 Å². The van der Waals surface area contributed by atoms with Crippen LogP contribution < -0.4 is 10.6 Å². The summed E-state index contributed by atoms with van der Waals surface area (Å²) in [6.07, 6.45) is 4.06. The summed E-state index contributed by atoms with van der Waals surface area (Å²) in [7, 11) is 1.81. The Balaban J connectivity index is 1.77. The molecule has 2 aromatic rings. The Labute approximate surface area is 141 Å². The van der Waals surface area contributed by atoms with Crippen LogP contribution in [0.4, 0.5) is 0 Å². The van der Waals surface area contributed by atoms with Gasteiger partial charge in [-0.2, -0.15) is 5.10 Å². The van der Waals surface area contributed by atoms with Crippen molar-refractivity contribution < 1.29 is 4.79 Å². The maximum absolute atomic E-state index is 12.6. The Hall–Kier alpha value is -1.85. The van der Waals surface area contributed by atoms with Crippen LogP contribution in [0.5, 0.6) is 0 Å². The fourth-order valence-corrected chi connectivity index (χ4v) is 3.16. The number of rotatable bonds is 4. The third-order valence-corrected chi connectivity index (χ3v) is 4.48. The lowest BCUT2D eigenvalue weighted by Crippen LogP contribution is -2.38. The van der Waals surface area contributed by atoms with E-state index in [9.17, 15) is 4.79 Å². The maximum Gasteiger partial charge on any atom is 0.255 e. The van der Waals surface area contributed by atoms with Crippen molar-refractivity contribution >= 4 is 17.5 Å². The zero-order valence-electron chi connectivity index (χ0n) is 13.2. The molecule has 2 N–H and O–H groups in total. The number of halogens is 1. The summed E-state index contributed by atoms with van der Waals surface area (Å²) in [6, 6.07) is 7.45. The van der Waals surface area contributed by atoms with E-state index in [4.69, 9.17) is 11.6 Å². The minimum absolute atomic E-state index is 0.0985. The van der Waals surface area contributed by atoms with Gasteiger partial charge in [-0.25, -0.2) is 0 Å². The smallest absolute Gasteiger partial charge is 0.255 e. The van der Waals surface area contributed by atoms with Crippen molar-refractivity contribution in [2.75, 3.05) is 19.6 Å². The third-order valence-electron chi connectivity index (χ3n) is 4.15. The maximum atomic E-state index is 12.6. The Morgan fingerprint density at radius 2 is 2.30 bits per heavy atom. The number of hydrogen-bond donors (Lipinski definition) is 2. The Morgan fingerprint density at radius 3 is 3.04 bits per heavy atom. The lowest BCUT2D eigenvalue weighted by Gasteiger charge is -2.22. The first kappa shape index (κ1) is 16.0. The van der Waals surface area contributed by atoms with Crippen LogP contribution in [-0.4, -0.2) is 35.3 Å². The zero-order chi connectivity index (χ0) is 16.2. The van der Waals surface area contributed by atoms with Gasteiger partial charge in [0.1, 0.15) is 5.69 Å². The standard InChI is InChI=1S/C17H21ClN4O/c1-22-11-14(16(21-22)13-6-2-3-7-15(13)18)17(23)20-10-12-5-4-8-19-9-12/h2-3,6-7,11-12,19H,4-5,8-10H2,1H3,(H,20,23). The van der Waals surface area contributed by atoms with Gasteiger partial charge in [-0.05, 0) is 37.9 Å². The summed E-state index contributed by atoms with van der Waals surface area (Å²) in [5.74, 6) is 0.395. The molecular weight excluding hydrogens is 312 g/mol. The number of aryl methyl sites for hydroxylation is 1. The Kier molecular flexibility index (Phi) is 4.98. The van der Waals surface area contributed by atoms with E-state index >= 15 is 0 Å². The molecule has 1 aromatic carbocycles. The number of aromatic nitrogens is 2. The van der Waals surface area contributed by atoms with E-state index in [1.165, 1.54) is 0 Å². The molecule has 0 aliphatic carbocycles. The number of nitrogens with one attached hydrogen (secondary N) is 2. The van der Waals surface area contributed by atoms with Gasteiger partial charge in [0, 0.05) is 25.4 Å². The zero-order valence-corrected chi connectivity index (χ0v) is 13.9. The molecule has 5 nitrogen and oxygen atoms in total. The normalized spacial score (nSPS) is 17.9. The molecule has 1 fully saturated rings. The number of amides is 1. The topological polar surface area (TPSA) is 59.0 Å². The average molecular weight is 333 g/mol. The third kappa shape index (κ3) is 3.74. The molecule has 0 saturated carbocycles. The van der Waals surface area contributed by atoms with Crippen molar-refractivity contribution in [2.45, 2.75) is 12.8 Å². The highest BCUT2D eigenvalue weighted by Crippen LogP contribution is 2.28. The highest BCUT2D eigenvalue weighted by atomic mass is 35.5. The molecule has 1 atom stereocenters. The van der Waals surface area contributed by atoms with Crippen LogP contribution in [0, 0.1) is 5.92 Å². The quantitative estimate of drug-likeness (QED) is 0.904. The van der Waals surface area contributed by atoms with Crippen molar-refractivity contribution in [1.82, 2.24) is 20.4 Å². The monoisotopic (exact) mass is 332 g/mol.